The first-order valence-corrected chi connectivity index (χ1v) is 13.6. The van der Waals surface area contributed by atoms with Crippen LogP contribution in [0.25, 0.3) is 5.69 Å². The van der Waals surface area contributed by atoms with Crippen molar-refractivity contribution in [2.45, 2.75) is 32.6 Å². The van der Waals surface area contributed by atoms with Crippen LogP contribution in [0.15, 0.2) is 65.5 Å². The Labute approximate surface area is 248 Å². The van der Waals surface area contributed by atoms with Gasteiger partial charge in [-0.1, -0.05) is 49.4 Å². The summed E-state index contributed by atoms with van der Waals surface area (Å²) in [7, 11) is 3.17. The van der Waals surface area contributed by atoms with E-state index in [4.69, 9.17) is 15.9 Å². The molecule has 12 heteroatoms. The topological polar surface area (TPSA) is 159 Å². The van der Waals surface area contributed by atoms with Crippen LogP contribution in [0.2, 0.25) is 0 Å². The number of nitrogens with one attached hydrogen (secondary N) is 3. The number of hydrogen-bond donors (Lipinski definition) is 4. The van der Waals surface area contributed by atoms with E-state index in [2.05, 4.69) is 15.4 Å². The average molecular weight is 588 g/mol. The molecule has 0 saturated carbocycles. The van der Waals surface area contributed by atoms with Gasteiger partial charge in [0.15, 0.2) is 18.2 Å². The molecule has 0 saturated heterocycles. The lowest BCUT2D eigenvalue weighted by atomic mass is 9.89. The fraction of sp³-hybridized carbons (Fsp3) is 0.258. The van der Waals surface area contributed by atoms with Gasteiger partial charge in [0.25, 0.3) is 5.91 Å². The number of aryl methyl sites for hydroxylation is 1. The van der Waals surface area contributed by atoms with Crippen LogP contribution in [-0.4, -0.2) is 58.0 Å². The minimum Gasteiger partial charge on any atom is -0.481 e. The number of amidine groups is 1. The third-order valence-electron chi connectivity index (χ3n) is 6.87. The van der Waals surface area contributed by atoms with Crippen molar-refractivity contribution >= 4 is 23.3 Å². The summed E-state index contributed by atoms with van der Waals surface area (Å²) in [6.07, 6.45) is 0.777. The number of carbonyl (C=O) groups excluding carboxylic acids is 2. The maximum Gasteiger partial charge on any atom is 0.348 e. The molecule has 0 radical (unpaired) electrons. The van der Waals surface area contributed by atoms with Crippen molar-refractivity contribution in [2.24, 2.45) is 5.73 Å². The van der Waals surface area contributed by atoms with Gasteiger partial charge in [-0.05, 0) is 42.2 Å². The van der Waals surface area contributed by atoms with E-state index >= 15 is 4.39 Å². The van der Waals surface area contributed by atoms with Crippen molar-refractivity contribution in [1.82, 2.24) is 19.7 Å². The van der Waals surface area contributed by atoms with Gasteiger partial charge in [0.2, 0.25) is 5.91 Å². The normalized spacial score (nSPS) is 11.6. The summed E-state index contributed by atoms with van der Waals surface area (Å²) in [6.45, 7) is 2.92. The fourth-order valence-corrected chi connectivity index (χ4v) is 4.53. The Morgan fingerprint density at radius 3 is 2.47 bits per heavy atom. The second kappa shape index (κ2) is 13.1. The standard InChI is InChI=1S/C31H34FN7O4/c1-5-19-14-22(28(32)26(16-19)43-17-27(41)38(3)4)23(15-20-10-12-21(13-11-20)29(33)34)30-36-31(42)39(37-30)25-9-7-6-8-24(25)35-18(2)40/h6-14,16,23H,5,15,17H2,1-4H3,(H3,33,34)(H,35,40)(H,36,37,42). The molecule has 4 aromatic rings. The van der Waals surface area contributed by atoms with Crippen LogP contribution in [-0.2, 0) is 22.4 Å². The summed E-state index contributed by atoms with van der Waals surface area (Å²) in [4.78, 5) is 41.3. The number of hydrogen-bond acceptors (Lipinski definition) is 6. The van der Waals surface area contributed by atoms with E-state index in [9.17, 15) is 14.4 Å². The molecule has 224 valence electrons. The highest BCUT2D eigenvalue weighted by Crippen LogP contribution is 2.34. The number of benzene rings is 3. The predicted octanol–water partition coefficient (Wildman–Crippen LogP) is 3.35. The monoisotopic (exact) mass is 587 g/mol. The number of likely N-dealkylation sites (N-methyl/N-ethyl adjacent to an activating group) is 1. The average Bonchev–Trinajstić information content (AvgIpc) is 3.36. The number of amides is 2. The van der Waals surface area contributed by atoms with Gasteiger partial charge in [0.1, 0.15) is 11.7 Å². The number of nitrogens with zero attached hydrogens (tertiary/aromatic N) is 3. The molecule has 1 atom stereocenters. The molecular weight excluding hydrogens is 553 g/mol. The molecule has 1 unspecified atom stereocenters. The van der Waals surface area contributed by atoms with Gasteiger partial charge in [-0.15, -0.1) is 5.10 Å². The number of rotatable bonds is 11. The number of H-pyrrole nitrogens is 1. The first-order chi connectivity index (χ1) is 20.5. The van der Waals surface area contributed by atoms with Crippen molar-refractivity contribution in [2.75, 3.05) is 26.0 Å². The third kappa shape index (κ3) is 7.15. The summed E-state index contributed by atoms with van der Waals surface area (Å²) in [6, 6.07) is 16.9. The van der Waals surface area contributed by atoms with Crippen LogP contribution in [0.4, 0.5) is 10.1 Å². The van der Waals surface area contributed by atoms with Crippen molar-refractivity contribution < 1.29 is 18.7 Å². The van der Waals surface area contributed by atoms with Gasteiger partial charge in [0, 0.05) is 32.1 Å². The van der Waals surface area contributed by atoms with Crippen molar-refractivity contribution in [1.29, 1.82) is 5.41 Å². The number of nitrogens with two attached hydrogens (primary N) is 1. The van der Waals surface area contributed by atoms with E-state index in [1.165, 1.54) is 11.8 Å². The summed E-state index contributed by atoms with van der Waals surface area (Å²) in [5.74, 6) is -2.10. The number of nitrogen functional groups attached to an aromatic ring is 1. The summed E-state index contributed by atoms with van der Waals surface area (Å²) < 4.78 is 23.0. The zero-order valence-corrected chi connectivity index (χ0v) is 24.4. The Hall–Kier alpha value is -5.26. The number of ether oxygens (including phenoxy) is 1. The number of anilines is 1. The SMILES string of the molecule is CCc1cc(OCC(=O)N(C)C)c(F)c(C(Cc2ccc(C(=N)N)cc2)c2nn(-c3ccccc3NC(C)=O)c(=O)[nH]2)c1. The van der Waals surface area contributed by atoms with Crippen LogP contribution < -0.4 is 21.5 Å². The molecule has 0 bridgehead atoms. The molecule has 0 aliphatic heterocycles. The predicted molar refractivity (Wildman–Crippen MR) is 161 cm³/mol. The van der Waals surface area contributed by atoms with E-state index in [0.29, 0.717) is 23.4 Å². The highest BCUT2D eigenvalue weighted by Gasteiger charge is 2.27. The van der Waals surface area contributed by atoms with Gasteiger partial charge < -0.3 is 20.7 Å². The number of aromatic amines is 1. The Bertz CT molecular complexity index is 1710. The Balaban J connectivity index is 1.85. The number of halogens is 1. The van der Waals surface area contributed by atoms with Crippen molar-refractivity contribution in [3.05, 3.63) is 105 Å². The van der Waals surface area contributed by atoms with E-state index in [1.807, 2.05) is 6.92 Å². The molecule has 0 spiro atoms. The zero-order chi connectivity index (χ0) is 31.3. The lowest BCUT2D eigenvalue weighted by molar-refractivity contribution is -0.130. The fourth-order valence-electron chi connectivity index (χ4n) is 4.53. The molecule has 1 aromatic heterocycles. The second-order valence-corrected chi connectivity index (χ2v) is 10.2. The van der Waals surface area contributed by atoms with Gasteiger partial charge in [-0.3, -0.25) is 20.0 Å². The summed E-state index contributed by atoms with van der Waals surface area (Å²) >= 11 is 0. The molecule has 11 nitrogen and oxygen atoms in total. The van der Waals surface area contributed by atoms with E-state index < -0.39 is 17.4 Å². The van der Waals surface area contributed by atoms with Crippen molar-refractivity contribution in [3.63, 3.8) is 0 Å². The van der Waals surface area contributed by atoms with Gasteiger partial charge >= 0.3 is 5.69 Å². The number of carbonyl (C=O) groups is 2. The van der Waals surface area contributed by atoms with Crippen LogP contribution in [0, 0.1) is 11.2 Å². The number of para-hydroxylation sites is 2. The van der Waals surface area contributed by atoms with E-state index in [0.717, 1.165) is 15.8 Å². The lowest BCUT2D eigenvalue weighted by Gasteiger charge is -2.20. The molecule has 3 aromatic carbocycles. The van der Waals surface area contributed by atoms with Crippen LogP contribution >= 0.6 is 0 Å². The van der Waals surface area contributed by atoms with Crippen LogP contribution in [0.5, 0.6) is 5.75 Å². The third-order valence-corrected chi connectivity index (χ3v) is 6.87. The first kappa shape index (κ1) is 30.7. The largest absolute Gasteiger partial charge is 0.481 e. The summed E-state index contributed by atoms with van der Waals surface area (Å²) in [5, 5.41) is 14.9. The lowest BCUT2D eigenvalue weighted by Crippen LogP contribution is -2.27. The molecule has 43 heavy (non-hydrogen) atoms. The smallest absolute Gasteiger partial charge is 0.348 e. The summed E-state index contributed by atoms with van der Waals surface area (Å²) in [5.41, 5.74) is 8.05. The molecular formula is C31H34FN7O4. The molecule has 0 fully saturated rings. The highest BCUT2D eigenvalue weighted by molar-refractivity contribution is 5.94. The minimum atomic E-state index is -0.788. The molecule has 0 aliphatic carbocycles. The molecule has 5 N–H and O–H groups in total. The zero-order valence-electron chi connectivity index (χ0n) is 24.4. The van der Waals surface area contributed by atoms with E-state index in [-0.39, 0.29) is 47.8 Å². The molecule has 0 aliphatic rings. The quantitative estimate of drug-likeness (QED) is 0.156. The van der Waals surface area contributed by atoms with Gasteiger partial charge in [-0.25, -0.2) is 9.18 Å². The maximum atomic E-state index is 16.2. The van der Waals surface area contributed by atoms with E-state index in [1.54, 1.807) is 74.8 Å². The molecule has 4 rings (SSSR count). The van der Waals surface area contributed by atoms with Gasteiger partial charge in [0.05, 0.1) is 17.3 Å². The highest BCUT2D eigenvalue weighted by atomic mass is 19.1. The minimum absolute atomic E-state index is 0.0836. The van der Waals surface area contributed by atoms with Crippen molar-refractivity contribution in [3.8, 4) is 11.4 Å². The molecule has 2 amide bonds. The Morgan fingerprint density at radius 2 is 1.84 bits per heavy atom. The Kier molecular flexibility index (Phi) is 9.39. The second-order valence-electron chi connectivity index (χ2n) is 10.2. The van der Waals surface area contributed by atoms with Crippen LogP contribution in [0.1, 0.15) is 47.8 Å². The van der Waals surface area contributed by atoms with Gasteiger partial charge in [-0.2, -0.15) is 4.68 Å². The molecule has 1 heterocycles. The number of aromatic nitrogens is 3. The van der Waals surface area contributed by atoms with Crippen LogP contribution in [0.3, 0.4) is 0 Å². The maximum absolute atomic E-state index is 16.2. The first-order valence-electron chi connectivity index (χ1n) is 13.6. The Morgan fingerprint density at radius 1 is 1.14 bits per heavy atom.